The van der Waals surface area contributed by atoms with E-state index < -0.39 is 0 Å². The van der Waals surface area contributed by atoms with E-state index in [1.165, 1.54) is 37.0 Å². The number of nitrogens with one attached hydrogen (secondary N) is 1. The van der Waals surface area contributed by atoms with E-state index >= 15 is 0 Å². The normalized spacial score (nSPS) is 12.9. The average Bonchev–Trinajstić information content (AvgIpc) is 2.38. The van der Waals surface area contributed by atoms with Crippen molar-refractivity contribution >= 4 is 0 Å². The Morgan fingerprint density at radius 2 is 1.89 bits per heavy atom. The van der Waals surface area contributed by atoms with Crippen LogP contribution in [0, 0.1) is 5.82 Å². The summed E-state index contributed by atoms with van der Waals surface area (Å²) >= 11 is 0. The minimum atomic E-state index is -0.163. The third kappa shape index (κ3) is 7.28. The second-order valence-electron chi connectivity index (χ2n) is 5.32. The van der Waals surface area contributed by atoms with E-state index in [2.05, 4.69) is 31.1 Å². The van der Waals surface area contributed by atoms with Crippen molar-refractivity contribution < 1.29 is 4.39 Å². The lowest BCUT2D eigenvalue weighted by Crippen LogP contribution is -2.26. The quantitative estimate of drug-likeness (QED) is 0.689. The molecule has 0 aliphatic heterocycles. The van der Waals surface area contributed by atoms with Crippen LogP contribution in [0.2, 0.25) is 0 Å². The lowest BCUT2D eigenvalue weighted by atomic mass is 10.1. The molecule has 108 valence electrons. The zero-order chi connectivity index (χ0) is 14.1. The summed E-state index contributed by atoms with van der Waals surface area (Å²) in [6.45, 7) is 7.42. The summed E-state index contributed by atoms with van der Waals surface area (Å²) in [6.07, 6.45) is 3.70. The summed E-state index contributed by atoms with van der Waals surface area (Å²) in [4.78, 5) is 2.30. The lowest BCUT2D eigenvalue weighted by Gasteiger charge is -2.17. The first-order valence-corrected chi connectivity index (χ1v) is 7.28. The minimum absolute atomic E-state index is 0.163. The van der Waals surface area contributed by atoms with E-state index in [-0.39, 0.29) is 5.82 Å². The van der Waals surface area contributed by atoms with Crippen LogP contribution < -0.4 is 5.32 Å². The third-order valence-corrected chi connectivity index (χ3v) is 3.35. The maximum Gasteiger partial charge on any atom is 0.123 e. The van der Waals surface area contributed by atoms with Crippen molar-refractivity contribution in [3.8, 4) is 0 Å². The molecule has 0 saturated carbocycles. The highest BCUT2D eigenvalue weighted by molar-refractivity contribution is 5.15. The van der Waals surface area contributed by atoms with Crippen LogP contribution in [0.1, 0.15) is 38.7 Å². The maximum absolute atomic E-state index is 12.8. The van der Waals surface area contributed by atoms with Crippen molar-refractivity contribution in [3.05, 3.63) is 35.6 Å². The van der Waals surface area contributed by atoms with Crippen LogP contribution in [0.25, 0.3) is 0 Å². The summed E-state index contributed by atoms with van der Waals surface area (Å²) < 4.78 is 12.8. The molecule has 1 atom stereocenters. The van der Waals surface area contributed by atoms with Gasteiger partial charge in [-0.05, 0) is 57.6 Å². The molecule has 0 aromatic heterocycles. The Morgan fingerprint density at radius 3 is 2.53 bits per heavy atom. The van der Waals surface area contributed by atoms with Gasteiger partial charge in [0.25, 0.3) is 0 Å². The van der Waals surface area contributed by atoms with Crippen LogP contribution >= 0.6 is 0 Å². The van der Waals surface area contributed by atoms with Crippen molar-refractivity contribution in [2.24, 2.45) is 0 Å². The number of unbranched alkanes of at least 4 members (excludes halogenated alkanes) is 1. The third-order valence-electron chi connectivity index (χ3n) is 3.35. The van der Waals surface area contributed by atoms with Gasteiger partial charge in [-0.25, -0.2) is 4.39 Å². The van der Waals surface area contributed by atoms with Crippen LogP contribution in [-0.2, 0) is 6.54 Å². The van der Waals surface area contributed by atoms with E-state index in [4.69, 9.17) is 0 Å². The molecule has 1 rings (SSSR count). The Balaban J connectivity index is 2.14. The van der Waals surface area contributed by atoms with Gasteiger partial charge in [-0.3, -0.25) is 0 Å². The van der Waals surface area contributed by atoms with Crippen molar-refractivity contribution in [3.63, 3.8) is 0 Å². The van der Waals surface area contributed by atoms with E-state index in [0.29, 0.717) is 6.04 Å². The van der Waals surface area contributed by atoms with Gasteiger partial charge in [0.2, 0.25) is 0 Å². The van der Waals surface area contributed by atoms with Gasteiger partial charge in [-0.1, -0.05) is 25.5 Å². The molecule has 0 saturated heterocycles. The highest BCUT2D eigenvalue weighted by Gasteiger charge is 2.02. The van der Waals surface area contributed by atoms with Gasteiger partial charge in [0.15, 0.2) is 0 Å². The average molecular weight is 266 g/mol. The predicted octanol–water partition coefficient (Wildman–Crippen LogP) is 3.43. The molecule has 0 aliphatic rings. The Bertz CT molecular complexity index is 337. The molecule has 0 amide bonds. The van der Waals surface area contributed by atoms with E-state index in [1.54, 1.807) is 0 Å². The monoisotopic (exact) mass is 266 g/mol. The first-order chi connectivity index (χ1) is 9.11. The van der Waals surface area contributed by atoms with Gasteiger partial charge in [-0.15, -0.1) is 0 Å². The Morgan fingerprint density at radius 1 is 1.21 bits per heavy atom. The first kappa shape index (κ1) is 16.1. The van der Waals surface area contributed by atoms with Crippen molar-refractivity contribution in [1.29, 1.82) is 0 Å². The van der Waals surface area contributed by atoms with Crippen LogP contribution in [-0.4, -0.2) is 31.1 Å². The molecule has 19 heavy (non-hydrogen) atoms. The van der Waals surface area contributed by atoms with Gasteiger partial charge in [0, 0.05) is 12.6 Å². The van der Waals surface area contributed by atoms with Crippen LogP contribution in [0.15, 0.2) is 24.3 Å². The Hall–Kier alpha value is -0.930. The second-order valence-corrected chi connectivity index (χ2v) is 5.32. The maximum atomic E-state index is 12.8. The highest BCUT2D eigenvalue weighted by Crippen LogP contribution is 2.07. The minimum Gasteiger partial charge on any atom is -0.315 e. The van der Waals surface area contributed by atoms with Crippen LogP contribution in [0.5, 0.6) is 0 Å². The molecular formula is C16H27FN2. The fourth-order valence-electron chi connectivity index (χ4n) is 2.26. The van der Waals surface area contributed by atoms with E-state index in [9.17, 15) is 4.39 Å². The lowest BCUT2D eigenvalue weighted by molar-refractivity contribution is 0.314. The van der Waals surface area contributed by atoms with Gasteiger partial charge in [0.1, 0.15) is 5.82 Å². The zero-order valence-corrected chi connectivity index (χ0v) is 12.5. The molecule has 1 N–H and O–H groups in total. The van der Waals surface area contributed by atoms with Gasteiger partial charge in [0.05, 0.1) is 0 Å². The molecule has 0 spiro atoms. The van der Waals surface area contributed by atoms with Gasteiger partial charge >= 0.3 is 0 Å². The SMILES string of the molecule is CCNC(C)CCCCN(C)Cc1ccc(F)cc1. The zero-order valence-electron chi connectivity index (χ0n) is 12.5. The number of benzene rings is 1. The standard InChI is InChI=1S/C16H27FN2/c1-4-18-14(2)7-5-6-12-19(3)13-15-8-10-16(17)11-9-15/h8-11,14,18H,4-7,12-13H2,1-3H3. The van der Waals surface area contributed by atoms with Crippen molar-refractivity contribution in [1.82, 2.24) is 10.2 Å². The summed E-state index contributed by atoms with van der Waals surface area (Å²) in [5.74, 6) is -0.163. The molecule has 1 aromatic rings. The summed E-state index contributed by atoms with van der Waals surface area (Å²) in [5.41, 5.74) is 1.17. The van der Waals surface area contributed by atoms with Crippen molar-refractivity contribution in [2.45, 2.75) is 45.7 Å². The van der Waals surface area contributed by atoms with E-state index in [0.717, 1.165) is 19.6 Å². The summed E-state index contributed by atoms with van der Waals surface area (Å²) in [7, 11) is 2.12. The fourth-order valence-corrected chi connectivity index (χ4v) is 2.26. The number of hydrogen-bond donors (Lipinski definition) is 1. The smallest absolute Gasteiger partial charge is 0.123 e. The molecule has 1 unspecified atom stereocenters. The molecule has 0 aliphatic carbocycles. The molecule has 2 nitrogen and oxygen atoms in total. The molecule has 0 bridgehead atoms. The number of nitrogens with zero attached hydrogens (tertiary/aromatic N) is 1. The second kappa shape index (κ2) is 9.05. The fraction of sp³-hybridized carbons (Fsp3) is 0.625. The Labute approximate surface area is 117 Å². The number of hydrogen-bond acceptors (Lipinski definition) is 2. The summed E-state index contributed by atoms with van der Waals surface area (Å²) in [6, 6.07) is 7.40. The molecular weight excluding hydrogens is 239 g/mol. The molecule has 3 heteroatoms. The van der Waals surface area contributed by atoms with Gasteiger partial charge < -0.3 is 10.2 Å². The van der Waals surface area contributed by atoms with Crippen molar-refractivity contribution in [2.75, 3.05) is 20.1 Å². The number of rotatable bonds is 9. The molecule has 0 fully saturated rings. The van der Waals surface area contributed by atoms with Crippen LogP contribution in [0.4, 0.5) is 4.39 Å². The molecule has 0 heterocycles. The predicted molar refractivity (Wildman–Crippen MR) is 79.7 cm³/mol. The molecule has 1 aromatic carbocycles. The topological polar surface area (TPSA) is 15.3 Å². The highest BCUT2D eigenvalue weighted by atomic mass is 19.1. The number of halogens is 1. The van der Waals surface area contributed by atoms with E-state index in [1.807, 2.05) is 12.1 Å². The Kier molecular flexibility index (Phi) is 7.68. The largest absolute Gasteiger partial charge is 0.315 e. The first-order valence-electron chi connectivity index (χ1n) is 7.28. The van der Waals surface area contributed by atoms with Gasteiger partial charge in [-0.2, -0.15) is 0 Å². The summed E-state index contributed by atoms with van der Waals surface area (Å²) in [5, 5.41) is 3.43. The van der Waals surface area contributed by atoms with Crippen LogP contribution in [0.3, 0.4) is 0 Å². The molecule has 0 radical (unpaired) electrons.